The molecule has 0 aliphatic heterocycles. The first-order valence-corrected chi connectivity index (χ1v) is 5.56. The van der Waals surface area contributed by atoms with E-state index in [1.807, 2.05) is 0 Å². The number of aromatic carboxylic acids is 1. The van der Waals surface area contributed by atoms with Crippen LogP contribution in [0.3, 0.4) is 0 Å². The van der Waals surface area contributed by atoms with Crippen molar-refractivity contribution in [3.63, 3.8) is 0 Å². The number of hydrogen-bond donors (Lipinski definition) is 2. The van der Waals surface area contributed by atoms with Gasteiger partial charge in [0.25, 0.3) is 10.1 Å². The van der Waals surface area contributed by atoms with E-state index in [1.165, 1.54) is 25.4 Å². The molecule has 0 radical (unpaired) electrons. The Morgan fingerprint density at radius 2 is 2.07 bits per heavy atom. The third kappa shape index (κ3) is 7.59. The summed E-state index contributed by atoms with van der Waals surface area (Å²) in [5.41, 5.74) is 0.220. The van der Waals surface area contributed by atoms with E-state index < -0.39 is 16.1 Å². The quantitative estimate of drug-likeness (QED) is 0.727. The third-order valence-electron chi connectivity index (χ3n) is 1.27. The van der Waals surface area contributed by atoms with Gasteiger partial charge in [0.15, 0.2) is 0 Å². The van der Waals surface area contributed by atoms with Gasteiger partial charge in [0.2, 0.25) is 0 Å². The molecule has 0 aliphatic carbocycles. The molecule has 7 heteroatoms. The van der Waals surface area contributed by atoms with E-state index in [4.69, 9.17) is 9.66 Å². The molecule has 0 bridgehead atoms. The molecule has 0 amide bonds. The maximum Gasteiger partial charge on any atom is 0.337 e. The SMILES string of the molecule is CCS(=O)(=O)O.O=C(O)c1cccnc1. The Kier molecular flexibility index (Phi) is 5.50. The number of carboxylic acid groups (broad SMARTS) is 1. The highest BCUT2D eigenvalue weighted by molar-refractivity contribution is 7.85. The number of carbonyl (C=O) groups is 1. The topological polar surface area (TPSA) is 105 Å². The molecule has 2 N–H and O–H groups in total. The van der Waals surface area contributed by atoms with Crippen LogP contribution in [-0.4, -0.2) is 34.8 Å². The molecular weight excluding hydrogens is 222 g/mol. The number of hydrogen-bond acceptors (Lipinski definition) is 4. The molecule has 1 heterocycles. The van der Waals surface area contributed by atoms with Crippen LogP contribution in [0.5, 0.6) is 0 Å². The van der Waals surface area contributed by atoms with Gasteiger partial charge < -0.3 is 5.11 Å². The van der Waals surface area contributed by atoms with Crippen molar-refractivity contribution >= 4 is 16.1 Å². The highest BCUT2D eigenvalue weighted by Gasteiger charge is 1.97. The molecule has 0 spiro atoms. The first-order chi connectivity index (χ1) is 6.87. The van der Waals surface area contributed by atoms with E-state index in [0.29, 0.717) is 0 Å². The van der Waals surface area contributed by atoms with Gasteiger partial charge in [-0.1, -0.05) is 0 Å². The maximum absolute atomic E-state index is 10.2. The summed E-state index contributed by atoms with van der Waals surface area (Å²) in [6.07, 6.45) is 2.84. The molecule has 84 valence electrons. The molecule has 6 nitrogen and oxygen atoms in total. The van der Waals surface area contributed by atoms with Gasteiger partial charge in [0, 0.05) is 12.4 Å². The number of aromatic nitrogens is 1. The average molecular weight is 233 g/mol. The monoisotopic (exact) mass is 233 g/mol. The molecule has 15 heavy (non-hydrogen) atoms. The van der Waals surface area contributed by atoms with Crippen LogP contribution in [0.2, 0.25) is 0 Å². The van der Waals surface area contributed by atoms with E-state index in [9.17, 15) is 13.2 Å². The minimum Gasteiger partial charge on any atom is -0.478 e. The number of carboxylic acids is 1. The highest BCUT2D eigenvalue weighted by Crippen LogP contribution is 1.92. The molecule has 0 unspecified atom stereocenters. The fourth-order valence-corrected chi connectivity index (χ4v) is 0.489. The molecular formula is C8H11NO5S. The standard InChI is InChI=1S/C6H5NO2.C2H6O3S/c8-6(9)5-2-1-3-7-4-5;1-2-6(3,4)5/h1-4H,(H,8,9);2H2,1H3,(H,3,4,5). The lowest BCUT2D eigenvalue weighted by atomic mass is 10.3. The second-order valence-corrected chi connectivity index (χ2v) is 4.16. The third-order valence-corrected chi connectivity index (χ3v) is 2.00. The predicted octanol–water partition coefficient (Wildman–Crippen LogP) is 0.674. The van der Waals surface area contributed by atoms with Crippen molar-refractivity contribution in [2.75, 3.05) is 5.75 Å². The van der Waals surface area contributed by atoms with Crippen LogP contribution in [0.4, 0.5) is 0 Å². The summed E-state index contributed by atoms with van der Waals surface area (Å²) in [6.45, 7) is 1.37. The van der Waals surface area contributed by atoms with Crippen LogP contribution in [0, 0.1) is 0 Å². The second kappa shape index (κ2) is 6.10. The van der Waals surface area contributed by atoms with Crippen LogP contribution < -0.4 is 0 Å². The molecule has 0 saturated carbocycles. The van der Waals surface area contributed by atoms with Crippen molar-refractivity contribution in [1.82, 2.24) is 4.98 Å². The van der Waals surface area contributed by atoms with Crippen LogP contribution in [-0.2, 0) is 10.1 Å². The molecule has 0 atom stereocenters. The maximum atomic E-state index is 10.2. The molecule has 1 aromatic heterocycles. The van der Waals surface area contributed by atoms with Gasteiger partial charge in [0.1, 0.15) is 0 Å². The molecule has 0 saturated heterocycles. The van der Waals surface area contributed by atoms with E-state index in [0.717, 1.165) is 0 Å². The van der Waals surface area contributed by atoms with E-state index in [-0.39, 0.29) is 11.3 Å². The summed E-state index contributed by atoms with van der Waals surface area (Å²) in [4.78, 5) is 13.8. The van der Waals surface area contributed by atoms with Gasteiger partial charge in [-0.2, -0.15) is 8.42 Å². The van der Waals surface area contributed by atoms with Crippen LogP contribution in [0.15, 0.2) is 24.5 Å². The fourth-order valence-electron chi connectivity index (χ4n) is 0.489. The van der Waals surface area contributed by atoms with Gasteiger partial charge in [-0.3, -0.25) is 9.54 Å². The summed E-state index contributed by atoms with van der Waals surface area (Å²) < 4.78 is 26.9. The minimum absolute atomic E-state index is 0.201. The zero-order valence-corrected chi connectivity index (χ0v) is 8.81. The zero-order valence-electron chi connectivity index (χ0n) is 7.99. The van der Waals surface area contributed by atoms with E-state index in [1.54, 1.807) is 6.07 Å². The summed E-state index contributed by atoms with van der Waals surface area (Å²) in [7, 11) is -3.66. The molecule has 0 aromatic carbocycles. The second-order valence-electron chi connectivity index (χ2n) is 2.42. The van der Waals surface area contributed by atoms with Gasteiger partial charge >= 0.3 is 5.97 Å². The van der Waals surface area contributed by atoms with Crippen molar-refractivity contribution in [2.45, 2.75) is 6.92 Å². The Labute approximate surface area is 87.3 Å². The lowest BCUT2D eigenvalue weighted by molar-refractivity contribution is 0.0696. The largest absolute Gasteiger partial charge is 0.478 e. The summed E-state index contributed by atoms with van der Waals surface area (Å²) in [6, 6.07) is 3.08. The Morgan fingerprint density at radius 3 is 2.27 bits per heavy atom. The molecule has 1 aromatic rings. The van der Waals surface area contributed by atoms with Crippen molar-refractivity contribution in [3.05, 3.63) is 30.1 Å². The van der Waals surface area contributed by atoms with Crippen LogP contribution in [0.1, 0.15) is 17.3 Å². The van der Waals surface area contributed by atoms with Gasteiger partial charge in [-0.05, 0) is 19.1 Å². The average Bonchev–Trinajstić information content (AvgIpc) is 2.19. The Bertz CT molecular complexity index is 400. The first-order valence-electron chi connectivity index (χ1n) is 3.95. The van der Waals surface area contributed by atoms with Crippen molar-refractivity contribution in [2.24, 2.45) is 0 Å². The van der Waals surface area contributed by atoms with Gasteiger partial charge in [-0.15, -0.1) is 0 Å². The number of rotatable bonds is 2. The number of nitrogens with zero attached hydrogens (tertiary/aromatic N) is 1. The lowest BCUT2D eigenvalue weighted by Crippen LogP contribution is -1.97. The van der Waals surface area contributed by atoms with Crippen molar-refractivity contribution in [1.29, 1.82) is 0 Å². The normalized spacial score (nSPS) is 10.0. The molecule has 1 rings (SSSR count). The summed E-state index contributed by atoms with van der Waals surface area (Å²) in [5.74, 6) is -1.14. The zero-order chi connectivity index (χ0) is 11.9. The fraction of sp³-hybridized carbons (Fsp3) is 0.250. The smallest absolute Gasteiger partial charge is 0.337 e. The Hall–Kier alpha value is -1.47. The van der Waals surface area contributed by atoms with E-state index in [2.05, 4.69) is 4.98 Å². The van der Waals surface area contributed by atoms with Gasteiger partial charge in [0.05, 0.1) is 11.3 Å². The highest BCUT2D eigenvalue weighted by atomic mass is 32.2. The number of pyridine rings is 1. The van der Waals surface area contributed by atoms with Crippen LogP contribution >= 0.6 is 0 Å². The van der Waals surface area contributed by atoms with Crippen molar-refractivity contribution in [3.8, 4) is 0 Å². The van der Waals surface area contributed by atoms with Crippen LogP contribution in [0.25, 0.3) is 0 Å². The molecule has 0 fully saturated rings. The van der Waals surface area contributed by atoms with Crippen molar-refractivity contribution < 1.29 is 22.9 Å². The van der Waals surface area contributed by atoms with E-state index >= 15 is 0 Å². The summed E-state index contributed by atoms with van der Waals surface area (Å²) >= 11 is 0. The minimum atomic E-state index is -3.66. The first kappa shape index (κ1) is 13.5. The summed E-state index contributed by atoms with van der Waals surface area (Å²) in [5, 5.41) is 8.34. The lowest BCUT2D eigenvalue weighted by Gasteiger charge is -1.87. The predicted molar refractivity (Wildman–Crippen MR) is 53.3 cm³/mol. The molecule has 0 aliphatic rings. The Morgan fingerprint density at radius 1 is 1.53 bits per heavy atom. The van der Waals surface area contributed by atoms with Gasteiger partial charge in [-0.25, -0.2) is 4.79 Å². The Balaban J connectivity index is 0.000000288.